The fourth-order valence-corrected chi connectivity index (χ4v) is 4.03. The van der Waals surface area contributed by atoms with Crippen molar-refractivity contribution in [3.8, 4) is 0 Å². The highest BCUT2D eigenvalue weighted by atomic mass is 16.4. The maximum absolute atomic E-state index is 10.9. The van der Waals surface area contributed by atoms with E-state index in [0.29, 0.717) is 24.4 Å². The van der Waals surface area contributed by atoms with E-state index in [1.165, 1.54) is 12.8 Å². The topological polar surface area (TPSA) is 71.2 Å². The van der Waals surface area contributed by atoms with Gasteiger partial charge in [-0.25, -0.2) is 9.67 Å². The van der Waals surface area contributed by atoms with Crippen LogP contribution in [0.5, 0.6) is 0 Å². The number of carboxylic acids is 1. The van der Waals surface area contributed by atoms with Gasteiger partial charge in [0.05, 0.1) is 6.54 Å². The van der Waals surface area contributed by atoms with E-state index >= 15 is 0 Å². The number of hydrogen-bond acceptors (Lipinski definition) is 4. The normalized spacial score (nSPS) is 28.9. The van der Waals surface area contributed by atoms with Crippen molar-refractivity contribution in [2.45, 2.75) is 70.6 Å². The van der Waals surface area contributed by atoms with Gasteiger partial charge in [-0.3, -0.25) is 9.69 Å². The Morgan fingerprint density at radius 1 is 1.38 bits per heavy atom. The van der Waals surface area contributed by atoms with Crippen LogP contribution in [0.1, 0.15) is 51.3 Å². The first kappa shape index (κ1) is 14.5. The predicted octanol–water partition coefficient (Wildman–Crippen LogP) is 1.91. The minimum Gasteiger partial charge on any atom is -0.481 e. The summed E-state index contributed by atoms with van der Waals surface area (Å²) in [6.07, 6.45) is 7.46. The first-order chi connectivity index (χ1) is 10.2. The largest absolute Gasteiger partial charge is 0.481 e. The third-order valence-corrected chi connectivity index (χ3v) is 4.90. The molecule has 2 saturated heterocycles. The molecule has 2 unspecified atom stereocenters. The summed E-state index contributed by atoms with van der Waals surface area (Å²) in [5.41, 5.74) is 0. The van der Waals surface area contributed by atoms with Crippen LogP contribution in [0.25, 0.3) is 0 Å². The molecule has 0 aromatic carbocycles. The smallest absolute Gasteiger partial charge is 0.303 e. The summed E-state index contributed by atoms with van der Waals surface area (Å²) in [6.45, 7) is 3.92. The molecule has 2 aliphatic rings. The van der Waals surface area contributed by atoms with Crippen LogP contribution in [0.2, 0.25) is 0 Å². The first-order valence-electron chi connectivity index (χ1n) is 8.01. The standard InChI is InChI=1S/C15H24N4O2/c1-2-5-19-14(16-10-17-19)9-18-12-3-4-13(18)7-11(6-12)8-15(20)21/h10-13H,2-9H2,1H3,(H,20,21). The van der Waals surface area contributed by atoms with Crippen LogP contribution in [0.4, 0.5) is 0 Å². The monoisotopic (exact) mass is 292 g/mol. The molecule has 1 aromatic rings. The van der Waals surface area contributed by atoms with Crippen LogP contribution in [0, 0.1) is 5.92 Å². The van der Waals surface area contributed by atoms with E-state index in [0.717, 1.165) is 38.2 Å². The van der Waals surface area contributed by atoms with Crippen LogP contribution in [0.15, 0.2) is 6.33 Å². The van der Waals surface area contributed by atoms with Gasteiger partial charge in [0.2, 0.25) is 0 Å². The number of aliphatic carboxylic acids is 1. The molecule has 0 aliphatic carbocycles. The second kappa shape index (κ2) is 6.13. The number of hydrogen-bond donors (Lipinski definition) is 1. The lowest BCUT2D eigenvalue weighted by Gasteiger charge is -2.38. The van der Waals surface area contributed by atoms with E-state index in [2.05, 4.69) is 21.9 Å². The third kappa shape index (κ3) is 3.10. The van der Waals surface area contributed by atoms with E-state index in [4.69, 9.17) is 5.11 Å². The number of fused-ring (bicyclic) bond motifs is 2. The number of rotatable bonds is 6. The number of nitrogens with zero attached hydrogens (tertiary/aromatic N) is 4. The Labute approximate surface area is 125 Å². The lowest BCUT2D eigenvalue weighted by molar-refractivity contribution is -0.138. The molecule has 1 N–H and O–H groups in total. The molecule has 6 heteroatoms. The Bertz CT molecular complexity index is 488. The summed E-state index contributed by atoms with van der Waals surface area (Å²) >= 11 is 0. The zero-order valence-electron chi connectivity index (χ0n) is 12.6. The van der Waals surface area contributed by atoms with E-state index in [1.807, 2.05) is 4.68 Å². The third-order valence-electron chi connectivity index (χ3n) is 4.90. The molecule has 21 heavy (non-hydrogen) atoms. The van der Waals surface area contributed by atoms with Crippen molar-refractivity contribution in [1.29, 1.82) is 0 Å². The molecule has 0 amide bonds. The maximum Gasteiger partial charge on any atom is 0.303 e. The molecule has 2 bridgehead atoms. The van der Waals surface area contributed by atoms with Gasteiger partial charge in [0.15, 0.2) is 0 Å². The zero-order chi connectivity index (χ0) is 14.8. The van der Waals surface area contributed by atoms with E-state index in [1.54, 1.807) is 6.33 Å². The molecule has 0 spiro atoms. The van der Waals surface area contributed by atoms with Crippen LogP contribution in [-0.4, -0.2) is 42.8 Å². The lowest BCUT2D eigenvalue weighted by atomic mass is 9.88. The summed E-state index contributed by atoms with van der Waals surface area (Å²) in [5.74, 6) is 0.741. The average Bonchev–Trinajstić information content (AvgIpc) is 2.94. The van der Waals surface area contributed by atoms with Crippen LogP contribution >= 0.6 is 0 Å². The van der Waals surface area contributed by atoms with Gasteiger partial charge in [-0.1, -0.05) is 6.92 Å². The summed E-state index contributed by atoms with van der Waals surface area (Å²) in [7, 11) is 0. The number of piperidine rings is 1. The van der Waals surface area contributed by atoms with Crippen molar-refractivity contribution in [1.82, 2.24) is 19.7 Å². The molecular weight excluding hydrogens is 268 g/mol. The van der Waals surface area contributed by atoms with Crippen molar-refractivity contribution in [2.24, 2.45) is 5.92 Å². The fraction of sp³-hybridized carbons (Fsp3) is 0.800. The Kier molecular flexibility index (Phi) is 4.24. The van der Waals surface area contributed by atoms with Crippen molar-refractivity contribution in [2.75, 3.05) is 0 Å². The SMILES string of the molecule is CCCn1ncnc1CN1C2CCC1CC(CC(=O)O)C2. The van der Waals surface area contributed by atoms with Gasteiger partial charge < -0.3 is 5.11 Å². The van der Waals surface area contributed by atoms with Crippen molar-refractivity contribution in [3.05, 3.63) is 12.2 Å². The predicted molar refractivity (Wildman–Crippen MR) is 77.6 cm³/mol. The number of aromatic nitrogens is 3. The summed E-state index contributed by atoms with van der Waals surface area (Å²) in [6, 6.07) is 1.06. The second-order valence-corrected chi connectivity index (χ2v) is 6.39. The van der Waals surface area contributed by atoms with Gasteiger partial charge in [-0.05, 0) is 38.0 Å². The van der Waals surface area contributed by atoms with E-state index in [-0.39, 0.29) is 0 Å². The van der Waals surface area contributed by atoms with Gasteiger partial charge in [-0.2, -0.15) is 5.10 Å². The number of aryl methyl sites for hydroxylation is 1. The van der Waals surface area contributed by atoms with Gasteiger partial charge in [0, 0.05) is 25.0 Å². The van der Waals surface area contributed by atoms with Crippen molar-refractivity contribution >= 4 is 5.97 Å². The summed E-state index contributed by atoms with van der Waals surface area (Å²) in [5, 5.41) is 13.3. The molecule has 1 aromatic heterocycles. The fourth-order valence-electron chi connectivity index (χ4n) is 4.03. The zero-order valence-corrected chi connectivity index (χ0v) is 12.6. The second-order valence-electron chi connectivity index (χ2n) is 6.39. The molecule has 3 rings (SSSR count). The van der Waals surface area contributed by atoms with Gasteiger partial charge in [0.1, 0.15) is 12.2 Å². The maximum atomic E-state index is 10.9. The number of carboxylic acid groups (broad SMARTS) is 1. The van der Waals surface area contributed by atoms with Crippen LogP contribution < -0.4 is 0 Å². The van der Waals surface area contributed by atoms with Crippen LogP contribution in [-0.2, 0) is 17.9 Å². The lowest BCUT2D eigenvalue weighted by Crippen LogP contribution is -2.43. The Hall–Kier alpha value is -1.43. The van der Waals surface area contributed by atoms with E-state index in [9.17, 15) is 4.79 Å². The molecule has 6 nitrogen and oxygen atoms in total. The van der Waals surface area contributed by atoms with Crippen molar-refractivity contribution < 1.29 is 9.90 Å². The highest BCUT2D eigenvalue weighted by Crippen LogP contribution is 2.40. The van der Waals surface area contributed by atoms with Gasteiger partial charge in [0.25, 0.3) is 0 Å². The molecule has 0 radical (unpaired) electrons. The summed E-state index contributed by atoms with van der Waals surface area (Å²) in [4.78, 5) is 17.9. The summed E-state index contributed by atoms with van der Waals surface area (Å²) < 4.78 is 2.00. The molecule has 2 aliphatic heterocycles. The minimum atomic E-state index is -0.657. The molecule has 116 valence electrons. The van der Waals surface area contributed by atoms with Crippen molar-refractivity contribution in [3.63, 3.8) is 0 Å². The number of carbonyl (C=O) groups is 1. The van der Waals surface area contributed by atoms with E-state index < -0.39 is 5.97 Å². The molecule has 0 saturated carbocycles. The Morgan fingerprint density at radius 3 is 2.71 bits per heavy atom. The molecule has 2 fully saturated rings. The Morgan fingerprint density at radius 2 is 2.10 bits per heavy atom. The average molecular weight is 292 g/mol. The van der Waals surface area contributed by atoms with Crippen LogP contribution in [0.3, 0.4) is 0 Å². The van der Waals surface area contributed by atoms with Gasteiger partial charge in [-0.15, -0.1) is 0 Å². The highest BCUT2D eigenvalue weighted by molar-refractivity contribution is 5.67. The first-order valence-corrected chi connectivity index (χ1v) is 8.01. The quantitative estimate of drug-likeness (QED) is 0.867. The highest BCUT2D eigenvalue weighted by Gasteiger charge is 2.41. The molecular formula is C15H24N4O2. The van der Waals surface area contributed by atoms with Gasteiger partial charge >= 0.3 is 5.97 Å². The Balaban J connectivity index is 1.65. The minimum absolute atomic E-state index is 0.326. The molecule has 2 atom stereocenters. The molecule has 3 heterocycles.